The zero-order valence-corrected chi connectivity index (χ0v) is 11.1. The number of carbonyl (C=O) groups excluding carboxylic acids is 1. The second kappa shape index (κ2) is 5.05. The molecule has 4 nitrogen and oxygen atoms in total. The molecule has 5 heteroatoms. The zero-order chi connectivity index (χ0) is 13.2. The van der Waals surface area contributed by atoms with Crippen molar-refractivity contribution in [2.75, 3.05) is 6.54 Å². The van der Waals surface area contributed by atoms with Crippen LogP contribution in [0.5, 0.6) is 0 Å². The van der Waals surface area contributed by atoms with E-state index in [1.165, 1.54) is 0 Å². The Labute approximate surface area is 116 Å². The molecule has 0 radical (unpaired) electrons. The molecule has 1 unspecified atom stereocenters. The Balaban J connectivity index is 1.89. The molecule has 2 aromatic rings. The van der Waals surface area contributed by atoms with Crippen LogP contribution in [0.25, 0.3) is 0 Å². The van der Waals surface area contributed by atoms with Crippen molar-refractivity contribution in [3.8, 4) is 0 Å². The van der Waals surface area contributed by atoms with Gasteiger partial charge < -0.3 is 9.88 Å². The summed E-state index contributed by atoms with van der Waals surface area (Å²) >= 11 is 6.00. The molecule has 1 aliphatic rings. The Bertz CT molecular complexity index is 582. The molecule has 19 heavy (non-hydrogen) atoms. The van der Waals surface area contributed by atoms with E-state index in [1.54, 1.807) is 18.3 Å². The van der Waals surface area contributed by atoms with Crippen molar-refractivity contribution in [3.05, 3.63) is 53.1 Å². The van der Waals surface area contributed by atoms with E-state index in [0.717, 1.165) is 25.1 Å². The first-order chi connectivity index (χ1) is 9.27. The van der Waals surface area contributed by atoms with Gasteiger partial charge in [-0.15, -0.1) is 0 Å². The number of H-pyrrole nitrogens is 1. The molecule has 98 valence electrons. The Morgan fingerprint density at radius 3 is 3.05 bits per heavy atom. The molecule has 3 rings (SSSR count). The van der Waals surface area contributed by atoms with E-state index in [4.69, 9.17) is 11.6 Å². The van der Waals surface area contributed by atoms with E-state index in [-0.39, 0.29) is 17.1 Å². The molecule has 0 aliphatic carbocycles. The van der Waals surface area contributed by atoms with E-state index in [0.29, 0.717) is 5.56 Å². The molecular formula is C14H14ClN3O. The van der Waals surface area contributed by atoms with Gasteiger partial charge in [-0.2, -0.15) is 0 Å². The van der Waals surface area contributed by atoms with Crippen LogP contribution in [0.15, 0.2) is 36.7 Å². The molecule has 1 amide bonds. The smallest absolute Gasteiger partial charge is 0.257 e. The van der Waals surface area contributed by atoms with E-state index in [9.17, 15) is 4.79 Å². The number of halogens is 1. The van der Waals surface area contributed by atoms with Crippen LogP contribution in [0, 0.1) is 0 Å². The quantitative estimate of drug-likeness (QED) is 0.857. The number of aromatic amines is 1. The third-order valence-electron chi connectivity index (χ3n) is 3.48. The summed E-state index contributed by atoms with van der Waals surface area (Å²) in [6, 6.07) is 7.54. The molecule has 0 aromatic carbocycles. The number of nitrogens with zero attached hydrogens (tertiary/aromatic N) is 2. The summed E-state index contributed by atoms with van der Waals surface area (Å²) in [5.74, 6) is -0.0461. The van der Waals surface area contributed by atoms with Crippen LogP contribution < -0.4 is 0 Å². The normalized spacial score (nSPS) is 18.8. The SMILES string of the molecule is O=C(c1cccnc1Cl)N1CCCC1c1ccc[nH]1. The molecule has 1 N–H and O–H groups in total. The number of hydrogen-bond donors (Lipinski definition) is 1. The first kappa shape index (κ1) is 12.2. The Kier molecular flexibility index (Phi) is 3.25. The van der Waals surface area contributed by atoms with Gasteiger partial charge in [-0.3, -0.25) is 4.79 Å². The maximum Gasteiger partial charge on any atom is 0.257 e. The van der Waals surface area contributed by atoms with Gasteiger partial charge in [0.05, 0.1) is 11.6 Å². The summed E-state index contributed by atoms with van der Waals surface area (Å²) < 4.78 is 0. The van der Waals surface area contributed by atoms with Gasteiger partial charge in [0.2, 0.25) is 0 Å². The minimum Gasteiger partial charge on any atom is -0.363 e. The maximum atomic E-state index is 12.6. The number of rotatable bonds is 2. The first-order valence-electron chi connectivity index (χ1n) is 6.32. The number of pyridine rings is 1. The summed E-state index contributed by atoms with van der Waals surface area (Å²) in [5.41, 5.74) is 1.55. The van der Waals surface area contributed by atoms with Crippen LogP contribution in [0.3, 0.4) is 0 Å². The molecule has 0 bridgehead atoms. The van der Waals surface area contributed by atoms with Gasteiger partial charge in [0.25, 0.3) is 5.91 Å². The average Bonchev–Trinajstić information content (AvgIpc) is 3.09. The molecule has 0 saturated carbocycles. The fourth-order valence-electron chi connectivity index (χ4n) is 2.58. The second-order valence-electron chi connectivity index (χ2n) is 4.62. The summed E-state index contributed by atoms with van der Waals surface area (Å²) in [6.07, 6.45) is 5.45. The Morgan fingerprint density at radius 1 is 1.42 bits per heavy atom. The predicted molar refractivity (Wildman–Crippen MR) is 73.1 cm³/mol. The summed E-state index contributed by atoms with van der Waals surface area (Å²) in [7, 11) is 0. The predicted octanol–water partition coefficient (Wildman–Crippen LogP) is 3.04. The lowest BCUT2D eigenvalue weighted by atomic mass is 10.1. The van der Waals surface area contributed by atoms with Crippen LogP contribution in [0.4, 0.5) is 0 Å². The molecule has 1 atom stereocenters. The van der Waals surface area contributed by atoms with E-state index >= 15 is 0 Å². The largest absolute Gasteiger partial charge is 0.363 e. The number of nitrogens with one attached hydrogen (secondary N) is 1. The van der Waals surface area contributed by atoms with Gasteiger partial charge >= 0.3 is 0 Å². The van der Waals surface area contributed by atoms with Crippen molar-refractivity contribution in [2.45, 2.75) is 18.9 Å². The molecule has 1 saturated heterocycles. The zero-order valence-electron chi connectivity index (χ0n) is 10.3. The lowest BCUT2D eigenvalue weighted by Gasteiger charge is -2.24. The topological polar surface area (TPSA) is 49.0 Å². The van der Waals surface area contributed by atoms with Crippen molar-refractivity contribution < 1.29 is 4.79 Å². The van der Waals surface area contributed by atoms with Crippen LogP contribution in [-0.2, 0) is 0 Å². The van der Waals surface area contributed by atoms with Crippen LogP contribution in [0.1, 0.15) is 34.9 Å². The minimum atomic E-state index is -0.0461. The van der Waals surface area contributed by atoms with E-state index in [2.05, 4.69) is 9.97 Å². The summed E-state index contributed by atoms with van der Waals surface area (Å²) in [5, 5.41) is 0.268. The summed E-state index contributed by atoms with van der Waals surface area (Å²) in [4.78, 5) is 21.6. The third kappa shape index (κ3) is 2.24. The fourth-order valence-corrected chi connectivity index (χ4v) is 2.79. The number of likely N-dealkylation sites (tertiary alicyclic amines) is 1. The molecule has 1 fully saturated rings. The second-order valence-corrected chi connectivity index (χ2v) is 4.98. The average molecular weight is 276 g/mol. The molecule has 0 spiro atoms. The van der Waals surface area contributed by atoms with Crippen molar-refractivity contribution in [3.63, 3.8) is 0 Å². The van der Waals surface area contributed by atoms with E-state index in [1.807, 2.05) is 23.2 Å². The van der Waals surface area contributed by atoms with E-state index < -0.39 is 0 Å². The number of hydrogen-bond acceptors (Lipinski definition) is 2. The van der Waals surface area contributed by atoms with Crippen LogP contribution in [-0.4, -0.2) is 27.3 Å². The first-order valence-corrected chi connectivity index (χ1v) is 6.70. The molecule has 2 aromatic heterocycles. The lowest BCUT2D eigenvalue weighted by Crippen LogP contribution is -2.31. The lowest BCUT2D eigenvalue weighted by molar-refractivity contribution is 0.0733. The molecular weight excluding hydrogens is 262 g/mol. The van der Waals surface area contributed by atoms with Gasteiger partial charge in [-0.05, 0) is 37.1 Å². The number of amides is 1. The van der Waals surface area contributed by atoms with Gasteiger partial charge in [0.15, 0.2) is 0 Å². The minimum absolute atomic E-state index is 0.0461. The van der Waals surface area contributed by atoms with Gasteiger partial charge in [-0.1, -0.05) is 11.6 Å². The Hall–Kier alpha value is -1.81. The van der Waals surface area contributed by atoms with Crippen LogP contribution >= 0.6 is 11.6 Å². The summed E-state index contributed by atoms with van der Waals surface area (Å²) in [6.45, 7) is 0.758. The van der Waals surface area contributed by atoms with Gasteiger partial charge in [0.1, 0.15) is 5.15 Å². The van der Waals surface area contributed by atoms with Crippen molar-refractivity contribution in [1.29, 1.82) is 0 Å². The van der Waals surface area contributed by atoms with Crippen molar-refractivity contribution in [1.82, 2.24) is 14.9 Å². The highest BCUT2D eigenvalue weighted by molar-refractivity contribution is 6.32. The monoisotopic (exact) mass is 275 g/mol. The fraction of sp³-hybridized carbons (Fsp3) is 0.286. The van der Waals surface area contributed by atoms with Crippen molar-refractivity contribution in [2.24, 2.45) is 0 Å². The van der Waals surface area contributed by atoms with Gasteiger partial charge in [-0.25, -0.2) is 4.98 Å². The maximum absolute atomic E-state index is 12.6. The van der Waals surface area contributed by atoms with Crippen LogP contribution in [0.2, 0.25) is 5.15 Å². The van der Waals surface area contributed by atoms with Gasteiger partial charge in [0, 0.05) is 24.6 Å². The molecule has 3 heterocycles. The van der Waals surface area contributed by atoms with Crippen molar-refractivity contribution >= 4 is 17.5 Å². The number of aromatic nitrogens is 2. The highest BCUT2D eigenvalue weighted by Crippen LogP contribution is 2.32. The number of carbonyl (C=O) groups is 1. The standard InChI is InChI=1S/C14H14ClN3O/c15-13-10(4-1-8-17-13)14(19)18-9-3-6-12(18)11-5-2-7-16-11/h1-2,4-5,7-8,12,16H,3,6,9H2. The highest BCUT2D eigenvalue weighted by Gasteiger charge is 2.32. The molecule has 1 aliphatic heterocycles. The Morgan fingerprint density at radius 2 is 2.32 bits per heavy atom. The highest BCUT2D eigenvalue weighted by atomic mass is 35.5. The third-order valence-corrected chi connectivity index (χ3v) is 3.79.